The Hall–Kier alpha value is -6.12. The van der Waals surface area contributed by atoms with Crippen LogP contribution in [-0.2, 0) is 28.6 Å². The number of hydrogen-bond donors (Lipinski definition) is 6. The van der Waals surface area contributed by atoms with Crippen LogP contribution in [0.25, 0.3) is 0 Å². The maximum Gasteiger partial charge on any atom is 0.332 e. The minimum absolute atomic E-state index is 0.0414. The summed E-state index contributed by atoms with van der Waals surface area (Å²) in [6.45, 7) is -2.28. The maximum absolute atomic E-state index is 13.0. The van der Waals surface area contributed by atoms with E-state index in [-0.39, 0.29) is 33.9 Å². The fourth-order valence-electron chi connectivity index (χ4n) is 3.87. The lowest BCUT2D eigenvalue weighted by Gasteiger charge is -2.25. The molecule has 15 heteroatoms. The minimum Gasteiger partial charge on any atom is -0.508 e. The van der Waals surface area contributed by atoms with Crippen molar-refractivity contribution in [3.63, 3.8) is 0 Å². The number of nitrogens with one attached hydrogen (secondary N) is 3. The Morgan fingerprint density at radius 3 is 0.911 bits per heavy atom. The highest BCUT2D eigenvalue weighted by molar-refractivity contribution is 5.99. The van der Waals surface area contributed by atoms with Crippen molar-refractivity contribution in [2.75, 3.05) is 19.8 Å². The molecule has 1 fully saturated rings. The van der Waals surface area contributed by atoms with Crippen LogP contribution >= 0.6 is 0 Å². The molecule has 0 unspecified atom stereocenters. The summed E-state index contributed by atoms with van der Waals surface area (Å²) in [4.78, 5) is 77.5. The zero-order valence-corrected chi connectivity index (χ0v) is 23.3. The largest absolute Gasteiger partial charge is 0.508 e. The molecule has 3 amide bonds. The van der Waals surface area contributed by atoms with Gasteiger partial charge in [-0.3, -0.25) is 14.4 Å². The van der Waals surface area contributed by atoms with E-state index in [0.29, 0.717) is 0 Å². The van der Waals surface area contributed by atoms with Gasteiger partial charge in [0.1, 0.15) is 37.1 Å². The van der Waals surface area contributed by atoms with Crippen molar-refractivity contribution >= 4 is 35.6 Å². The molecule has 45 heavy (non-hydrogen) atoms. The highest BCUT2D eigenvalue weighted by Gasteiger charge is 2.33. The minimum atomic E-state index is -1.60. The fraction of sp³-hybridized carbons (Fsp3) is 0.200. The third-order valence-corrected chi connectivity index (χ3v) is 6.33. The highest BCUT2D eigenvalue weighted by Crippen LogP contribution is 2.13. The van der Waals surface area contributed by atoms with Gasteiger partial charge in [0.2, 0.25) is 0 Å². The van der Waals surface area contributed by atoms with E-state index in [1.54, 1.807) is 0 Å². The van der Waals surface area contributed by atoms with Gasteiger partial charge in [-0.2, -0.15) is 0 Å². The molecule has 0 radical (unpaired) electrons. The number of phenols is 3. The SMILES string of the molecule is O=C(N[C@H]1COC(=O)[C@@H](NC(=O)c2ccc(O)cc2)COC(=O)[C@@H](NC(=O)c2ccc(O)cc2)COC1=O)c1ccc(O)cc1. The van der Waals surface area contributed by atoms with Crippen LogP contribution in [0.5, 0.6) is 17.2 Å². The number of amides is 3. The van der Waals surface area contributed by atoms with Crippen LogP contribution in [-0.4, -0.2) is 88.9 Å². The predicted molar refractivity (Wildman–Crippen MR) is 151 cm³/mol. The fourth-order valence-corrected chi connectivity index (χ4v) is 3.87. The second-order valence-corrected chi connectivity index (χ2v) is 9.61. The summed E-state index contributed by atoms with van der Waals surface area (Å²) in [6, 6.07) is 10.3. The summed E-state index contributed by atoms with van der Waals surface area (Å²) in [5, 5.41) is 35.5. The second kappa shape index (κ2) is 14.4. The molecule has 1 aliphatic rings. The van der Waals surface area contributed by atoms with Crippen LogP contribution < -0.4 is 16.0 Å². The molecule has 1 heterocycles. The zero-order chi connectivity index (χ0) is 32.5. The first-order valence-electron chi connectivity index (χ1n) is 13.3. The topological polar surface area (TPSA) is 227 Å². The van der Waals surface area contributed by atoms with E-state index in [1.165, 1.54) is 72.8 Å². The standard InChI is InChI=1S/C30H27N3O12/c34-19-7-1-16(2-8-19)25(37)31-22-13-43-29(41)24(33-27(39)18-5-11-21(36)12-6-18)15-45-30(42)23(14-44-28(22)40)32-26(38)17-3-9-20(35)10-4-17/h1-12,22-24,34-36H,13-15H2,(H,31,37)(H,32,38)(H,33,39)/t22-,23-,24-/m0/s1. The van der Waals surface area contributed by atoms with Crippen molar-refractivity contribution in [2.24, 2.45) is 0 Å². The summed E-state index contributed by atoms with van der Waals surface area (Å²) in [5.41, 5.74) is 0.124. The Labute approximate surface area is 254 Å². The number of cyclic esters (lactones) is 3. The molecule has 0 aliphatic carbocycles. The summed E-state index contributed by atoms with van der Waals surface area (Å²) in [6.07, 6.45) is 0. The monoisotopic (exact) mass is 621 g/mol. The van der Waals surface area contributed by atoms with Crippen LogP contribution in [0.2, 0.25) is 0 Å². The Kier molecular flexibility index (Phi) is 10.2. The van der Waals surface area contributed by atoms with Crippen molar-refractivity contribution < 1.29 is 58.3 Å². The average molecular weight is 622 g/mol. The number of carbonyl (C=O) groups is 6. The van der Waals surface area contributed by atoms with Crippen molar-refractivity contribution in [3.05, 3.63) is 89.5 Å². The molecule has 0 saturated carbocycles. The lowest BCUT2D eigenvalue weighted by molar-refractivity contribution is -0.160. The number of carbonyl (C=O) groups excluding carboxylic acids is 6. The summed E-state index contributed by atoms with van der Waals surface area (Å²) in [7, 11) is 0. The normalized spacial score (nSPS) is 18.9. The van der Waals surface area contributed by atoms with E-state index in [4.69, 9.17) is 14.2 Å². The molecule has 1 saturated heterocycles. The lowest BCUT2D eigenvalue weighted by atomic mass is 10.1. The molecule has 3 atom stereocenters. The molecular weight excluding hydrogens is 594 g/mol. The van der Waals surface area contributed by atoms with Crippen LogP contribution in [0.3, 0.4) is 0 Å². The Balaban J connectivity index is 1.57. The van der Waals surface area contributed by atoms with Crippen molar-refractivity contribution in [1.29, 1.82) is 0 Å². The van der Waals surface area contributed by atoms with Crippen LogP contribution in [0, 0.1) is 0 Å². The molecule has 0 aromatic heterocycles. The zero-order valence-electron chi connectivity index (χ0n) is 23.3. The first-order chi connectivity index (χ1) is 21.5. The van der Waals surface area contributed by atoms with Gasteiger partial charge in [0, 0.05) is 16.7 Å². The third-order valence-electron chi connectivity index (χ3n) is 6.33. The van der Waals surface area contributed by atoms with Crippen LogP contribution in [0.1, 0.15) is 31.1 Å². The Bertz CT molecular complexity index is 1380. The molecule has 1 aliphatic heterocycles. The number of aromatic hydroxyl groups is 3. The maximum atomic E-state index is 13.0. The lowest BCUT2D eigenvalue weighted by Crippen LogP contribution is -2.52. The number of esters is 3. The molecular formula is C30H27N3O12. The molecule has 4 rings (SSSR count). The Morgan fingerprint density at radius 1 is 0.467 bits per heavy atom. The highest BCUT2D eigenvalue weighted by atomic mass is 16.6. The van der Waals surface area contributed by atoms with Gasteiger partial charge in [0.25, 0.3) is 17.7 Å². The van der Waals surface area contributed by atoms with Gasteiger partial charge in [-0.05, 0) is 72.8 Å². The number of benzene rings is 3. The molecule has 0 spiro atoms. The van der Waals surface area contributed by atoms with Crippen molar-refractivity contribution in [1.82, 2.24) is 16.0 Å². The molecule has 3 aromatic rings. The van der Waals surface area contributed by atoms with Crippen molar-refractivity contribution in [2.45, 2.75) is 18.1 Å². The van der Waals surface area contributed by atoms with Gasteiger partial charge >= 0.3 is 17.9 Å². The second-order valence-electron chi connectivity index (χ2n) is 9.61. The van der Waals surface area contributed by atoms with Crippen LogP contribution in [0.15, 0.2) is 72.8 Å². The summed E-state index contributed by atoms with van der Waals surface area (Å²) >= 11 is 0. The van der Waals surface area contributed by atoms with E-state index in [9.17, 15) is 44.1 Å². The molecule has 15 nitrogen and oxygen atoms in total. The first-order valence-corrected chi connectivity index (χ1v) is 13.3. The summed E-state index contributed by atoms with van der Waals surface area (Å²) < 4.78 is 15.6. The molecule has 234 valence electrons. The number of ether oxygens (including phenoxy) is 3. The molecule has 6 N–H and O–H groups in total. The van der Waals surface area contributed by atoms with Gasteiger partial charge in [-0.1, -0.05) is 0 Å². The van der Waals surface area contributed by atoms with E-state index in [0.717, 1.165) is 0 Å². The van der Waals surface area contributed by atoms with E-state index >= 15 is 0 Å². The number of hydrogen-bond acceptors (Lipinski definition) is 12. The van der Waals surface area contributed by atoms with E-state index in [1.807, 2.05) is 0 Å². The smallest absolute Gasteiger partial charge is 0.332 e. The van der Waals surface area contributed by atoms with Crippen molar-refractivity contribution in [3.8, 4) is 17.2 Å². The van der Waals surface area contributed by atoms with Gasteiger partial charge in [-0.25, -0.2) is 14.4 Å². The summed E-state index contributed by atoms with van der Waals surface area (Å²) in [5.74, 6) is -6.15. The molecule has 0 bridgehead atoms. The predicted octanol–water partition coefficient (Wildman–Crippen LogP) is 0.142. The van der Waals surface area contributed by atoms with Crippen LogP contribution in [0.4, 0.5) is 0 Å². The van der Waals surface area contributed by atoms with Gasteiger partial charge in [0.05, 0.1) is 0 Å². The average Bonchev–Trinajstić information content (AvgIpc) is 3.02. The van der Waals surface area contributed by atoms with E-state index in [2.05, 4.69) is 16.0 Å². The first kappa shape index (κ1) is 31.8. The van der Waals surface area contributed by atoms with Gasteiger partial charge in [0.15, 0.2) is 18.1 Å². The molecule has 3 aromatic carbocycles. The van der Waals surface area contributed by atoms with Gasteiger partial charge in [-0.15, -0.1) is 0 Å². The Morgan fingerprint density at radius 2 is 0.689 bits per heavy atom. The van der Waals surface area contributed by atoms with E-state index < -0.39 is 73.6 Å². The number of rotatable bonds is 6. The quantitative estimate of drug-likeness (QED) is 0.160. The van der Waals surface area contributed by atoms with Gasteiger partial charge < -0.3 is 45.5 Å². The number of phenolic OH excluding ortho intramolecular Hbond substituents is 3. The third kappa shape index (κ3) is 8.70.